The van der Waals surface area contributed by atoms with Crippen molar-refractivity contribution in [2.45, 2.75) is 12.5 Å². The Kier molecular flexibility index (Phi) is 4.72. The standard InChI is InChI=1S/C16H17FN2O3/c1-16(21,11-5-7-12(17)8-6-11)10-19-14(20)13-4-3-9-18-15(13)22-2/h3-9,21H,10H2,1-2H3,(H,19,20). The Morgan fingerprint density at radius 1 is 1.36 bits per heavy atom. The summed E-state index contributed by atoms with van der Waals surface area (Å²) in [6.07, 6.45) is 1.52. The zero-order chi connectivity index (χ0) is 16.2. The maximum atomic E-state index is 12.9. The van der Waals surface area contributed by atoms with Gasteiger partial charge in [0.05, 0.1) is 13.7 Å². The van der Waals surface area contributed by atoms with Gasteiger partial charge in [-0.1, -0.05) is 12.1 Å². The van der Waals surface area contributed by atoms with Gasteiger partial charge >= 0.3 is 0 Å². The van der Waals surface area contributed by atoms with E-state index in [0.29, 0.717) is 5.56 Å². The quantitative estimate of drug-likeness (QED) is 0.884. The van der Waals surface area contributed by atoms with Crippen molar-refractivity contribution in [3.05, 3.63) is 59.5 Å². The molecule has 2 N–H and O–H groups in total. The van der Waals surface area contributed by atoms with E-state index in [1.807, 2.05) is 0 Å². The molecule has 0 spiro atoms. The van der Waals surface area contributed by atoms with Crippen molar-refractivity contribution in [1.82, 2.24) is 10.3 Å². The first kappa shape index (κ1) is 15.9. The lowest BCUT2D eigenvalue weighted by molar-refractivity contribution is 0.0525. The van der Waals surface area contributed by atoms with Crippen molar-refractivity contribution in [3.63, 3.8) is 0 Å². The predicted molar refractivity (Wildman–Crippen MR) is 79.1 cm³/mol. The molecular weight excluding hydrogens is 287 g/mol. The van der Waals surface area contributed by atoms with Gasteiger partial charge in [0.25, 0.3) is 5.91 Å². The van der Waals surface area contributed by atoms with E-state index in [1.54, 1.807) is 19.1 Å². The largest absolute Gasteiger partial charge is 0.480 e. The van der Waals surface area contributed by atoms with Crippen LogP contribution in [0.2, 0.25) is 0 Å². The maximum absolute atomic E-state index is 12.9. The second-order valence-corrected chi connectivity index (χ2v) is 5.02. The molecule has 1 heterocycles. The number of ether oxygens (including phenoxy) is 1. The molecule has 0 saturated carbocycles. The van der Waals surface area contributed by atoms with E-state index in [2.05, 4.69) is 10.3 Å². The lowest BCUT2D eigenvalue weighted by atomic mass is 9.96. The summed E-state index contributed by atoms with van der Waals surface area (Å²) >= 11 is 0. The molecule has 2 aromatic rings. The fourth-order valence-corrected chi connectivity index (χ4v) is 1.98. The molecule has 0 aliphatic rings. The Balaban J connectivity index is 2.08. The number of carbonyl (C=O) groups is 1. The molecule has 1 unspecified atom stereocenters. The Hall–Kier alpha value is -2.47. The summed E-state index contributed by atoms with van der Waals surface area (Å²) in [5.74, 6) is -0.586. The van der Waals surface area contributed by atoms with Gasteiger partial charge in [-0.25, -0.2) is 9.37 Å². The van der Waals surface area contributed by atoms with E-state index in [0.717, 1.165) is 0 Å². The van der Waals surface area contributed by atoms with Gasteiger partial charge in [-0.2, -0.15) is 0 Å². The molecular formula is C16H17FN2O3. The van der Waals surface area contributed by atoms with E-state index in [-0.39, 0.29) is 23.8 Å². The molecule has 116 valence electrons. The zero-order valence-corrected chi connectivity index (χ0v) is 12.3. The second kappa shape index (κ2) is 6.53. The first-order chi connectivity index (χ1) is 10.4. The van der Waals surface area contributed by atoms with E-state index >= 15 is 0 Å². The minimum Gasteiger partial charge on any atom is -0.480 e. The summed E-state index contributed by atoms with van der Waals surface area (Å²) in [5, 5.41) is 13.0. The molecule has 5 nitrogen and oxygen atoms in total. The van der Waals surface area contributed by atoms with Crippen LogP contribution in [-0.2, 0) is 5.60 Å². The Morgan fingerprint density at radius 3 is 2.68 bits per heavy atom. The van der Waals surface area contributed by atoms with Gasteiger partial charge in [-0.15, -0.1) is 0 Å². The number of pyridine rings is 1. The van der Waals surface area contributed by atoms with Gasteiger partial charge in [0.2, 0.25) is 5.88 Å². The molecule has 0 aliphatic heterocycles. The smallest absolute Gasteiger partial charge is 0.256 e. The van der Waals surface area contributed by atoms with Crippen LogP contribution in [0.5, 0.6) is 5.88 Å². The maximum Gasteiger partial charge on any atom is 0.256 e. The molecule has 1 atom stereocenters. The van der Waals surface area contributed by atoms with Crippen LogP contribution in [0.4, 0.5) is 4.39 Å². The minimum atomic E-state index is -1.32. The van der Waals surface area contributed by atoms with Crippen LogP contribution in [-0.4, -0.2) is 29.7 Å². The second-order valence-electron chi connectivity index (χ2n) is 5.02. The number of carbonyl (C=O) groups excluding carboxylic acids is 1. The lowest BCUT2D eigenvalue weighted by Crippen LogP contribution is -2.38. The minimum absolute atomic E-state index is 0.0322. The molecule has 6 heteroatoms. The number of nitrogens with zero attached hydrogens (tertiary/aromatic N) is 1. The number of hydrogen-bond donors (Lipinski definition) is 2. The van der Waals surface area contributed by atoms with Gasteiger partial charge in [0.15, 0.2) is 0 Å². The topological polar surface area (TPSA) is 71.5 Å². The van der Waals surface area contributed by atoms with Crippen LogP contribution in [0.25, 0.3) is 0 Å². The van der Waals surface area contributed by atoms with E-state index < -0.39 is 11.5 Å². The monoisotopic (exact) mass is 304 g/mol. The van der Waals surface area contributed by atoms with E-state index in [1.165, 1.54) is 37.6 Å². The first-order valence-electron chi connectivity index (χ1n) is 6.69. The SMILES string of the molecule is COc1ncccc1C(=O)NCC(C)(O)c1ccc(F)cc1. The Morgan fingerprint density at radius 2 is 2.05 bits per heavy atom. The summed E-state index contributed by atoms with van der Waals surface area (Å²) in [6, 6.07) is 8.67. The number of aliphatic hydroxyl groups is 1. The molecule has 2 rings (SSSR count). The third-order valence-electron chi connectivity index (χ3n) is 3.27. The Labute approximate surface area is 127 Å². The predicted octanol–water partition coefficient (Wildman–Crippen LogP) is 1.87. The van der Waals surface area contributed by atoms with Crippen molar-refractivity contribution in [2.24, 2.45) is 0 Å². The van der Waals surface area contributed by atoms with Gasteiger partial charge < -0.3 is 15.2 Å². The third-order valence-corrected chi connectivity index (χ3v) is 3.27. The van der Waals surface area contributed by atoms with Gasteiger partial charge in [0, 0.05) is 6.20 Å². The summed E-state index contributed by atoms with van der Waals surface area (Å²) in [4.78, 5) is 16.1. The molecule has 1 amide bonds. The number of aromatic nitrogens is 1. The average Bonchev–Trinajstić information content (AvgIpc) is 2.53. The fraction of sp³-hybridized carbons (Fsp3) is 0.250. The van der Waals surface area contributed by atoms with Crippen molar-refractivity contribution in [3.8, 4) is 5.88 Å². The van der Waals surface area contributed by atoms with Crippen LogP contribution in [0, 0.1) is 5.82 Å². The number of amides is 1. The zero-order valence-electron chi connectivity index (χ0n) is 12.3. The number of halogens is 1. The van der Waals surface area contributed by atoms with Crippen molar-refractivity contribution < 1.29 is 19.0 Å². The van der Waals surface area contributed by atoms with Crippen molar-refractivity contribution >= 4 is 5.91 Å². The highest BCUT2D eigenvalue weighted by atomic mass is 19.1. The van der Waals surface area contributed by atoms with Gasteiger partial charge in [-0.05, 0) is 36.8 Å². The van der Waals surface area contributed by atoms with Crippen molar-refractivity contribution in [1.29, 1.82) is 0 Å². The lowest BCUT2D eigenvalue weighted by Gasteiger charge is -2.24. The molecule has 0 aliphatic carbocycles. The molecule has 1 aromatic carbocycles. The fourth-order valence-electron chi connectivity index (χ4n) is 1.98. The Bertz CT molecular complexity index is 657. The number of rotatable bonds is 5. The highest BCUT2D eigenvalue weighted by Crippen LogP contribution is 2.20. The number of hydrogen-bond acceptors (Lipinski definition) is 4. The summed E-state index contributed by atoms with van der Waals surface area (Å²) in [6.45, 7) is 1.51. The van der Waals surface area contributed by atoms with Gasteiger partial charge in [-0.3, -0.25) is 4.79 Å². The van der Waals surface area contributed by atoms with Crippen LogP contribution in [0.15, 0.2) is 42.6 Å². The highest BCUT2D eigenvalue weighted by molar-refractivity contribution is 5.96. The van der Waals surface area contributed by atoms with Crippen LogP contribution in [0.1, 0.15) is 22.8 Å². The van der Waals surface area contributed by atoms with Crippen LogP contribution in [0.3, 0.4) is 0 Å². The number of nitrogens with one attached hydrogen (secondary N) is 1. The van der Waals surface area contributed by atoms with E-state index in [9.17, 15) is 14.3 Å². The normalized spacial score (nSPS) is 13.3. The number of methoxy groups -OCH3 is 1. The molecule has 1 aromatic heterocycles. The third kappa shape index (κ3) is 3.59. The van der Waals surface area contributed by atoms with Crippen LogP contribution < -0.4 is 10.1 Å². The van der Waals surface area contributed by atoms with Crippen LogP contribution >= 0.6 is 0 Å². The van der Waals surface area contributed by atoms with Crippen molar-refractivity contribution in [2.75, 3.05) is 13.7 Å². The highest BCUT2D eigenvalue weighted by Gasteiger charge is 2.24. The van der Waals surface area contributed by atoms with Gasteiger partial charge in [0.1, 0.15) is 17.0 Å². The molecule has 0 bridgehead atoms. The first-order valence-corrected chi connectivity index (χ1v) is 6.69. The number of benzene rings is 1. The van der Waals surface area contributed by atoms with E-state index in [4.69, 9.17) is 4.74 Å². The molecule has 0 saturated heterocycles. The summed E-state index contributed by atoms with van der Waals surface area (Å²) in [7, 11) is 1.42. The average molecular weight is 304 g/mol. The molecule has 0 radical (unpaired) electrons. The molecule has 22 heavy (non-hydrogen) atoms. The molecule has 0 fully saturated rings. The summed E-state index contributed by atoms with van der Waals surface area (Å²) in [5.41, 5.74) is -0.536. The summed E-state index contributed by atoms with van der Waals surface area (Å²) < 4.78 is 17.9.